The van der Waals surface area contributed by atoms with Gasteiger partial charge in [-0.3, -0.25) is 5.43 Å². The van der Waals surface area contributed by atoms with Crippen molar-refractivity contribution in [2.24, 2.45) is 5.10 Å². The van der Waals surface area contributed by atoms with Crippen LogP contribution in [0.5, 0.6) is 5.75 Å². The minimum Gasteiger partial charge on any atom is -0.494 e. The first-order valence-corrected chi connectivity index (χ1v) is 15.3. The van der Waals surface area contributed by atoms with Gasteiger partial charge in [0.05, 0.1) is 29.1 Å². The van der Waals surface area contributed by atoms with Crippen LogP contribution in [0, 0.1) is 0 Å². The topological polar surface area (TPSA) is 124 Å². The summed E-state index contributed by atoms with van der Waals surface area (Å²) in [5, 5.41) is 16.1. The summed E-state index contributed by atoms with van der Waals surface area (Å²) in [6.45, 7) is 1.24. The minimum absolute atomic E-state index is 0.119. The van der Waals surface area contributed by atoms with Gasteiger partial charge in [-0.2, -0.15) is 5.10 Å². The molecule has 1 aliphatic carbocycles. The maximum absolute atomic E-state index is 12.0. The van der Waals surface area contributed by atoms with E-state index >= 15 is 0 Å². The van der Waals surface area contributed by atoms with Crippen LogP contribution in [0.2, 0.25) is 0 Å². The first-order valence-electron chi connectivity index (χ1n) is 13.6. The summed E-state index contributed by atoms with van der Waals surface area (Å²) in [5.74, 6) is -0.206. The van der Waals surface area contributed by atoms with Crippen molar-refractivity contribution in [2.45, 2.75) is 38.6 Å². The number of carboxylic acid groups (broad SMARTS) is 1. The minimum atomic E-state index is -1.01. The highest BCUT2D eigenvalue weighted by Crippen LogP contribution is 2.33. The average Bonchev–Trinajstić information content (AvgIpc) is 3.63. The highest BCUT2D eigenvalue weighted by molar-refractivity contribution is 7.22. The lowest BCUT2D eigenvalue weighted by atomic mass is 9.89. The molecule has 0 unspecified atom stereocenters. The second kappa shape index (κ2) is 12.2. The third-order valence-corrected chi connectivity index (χ3v) is 9.14. The molecule has 2 aromatic heterocycles. The van der Waals surface area contributed by atoms with Crippen molar-refractivity contribution in [3.05, 3.63) is 94.0 Å². The maximum atomic E-state index is 12.0. The number of benzene rings is 3. The molecule has 0 fully saturated rings. The summed E-state index contributed by atoms with van der Waals surface area (Å²) in [5.41, 5.74) is 13.5. The first kappa shape index (κ1) is 27.1. The molecule has 1 aliphatic rings. The van der Waals surface area contributed by atoms with E-state index in [-0.39, 0.29) is 5.69 Å². The number of rotatable bonds is 10. The first-order chi connectivity index (χ1) is 20.1. The summed E-state index contributed by atoms with van der Waals surface area (Å²) < 4.78 is 6.97. The summed E-state index contributed by atoms with van der Waals surface area (Å²) in [4.78, 5) is 21.9. The number of quaternary nitrogens is 1. The van der Waals surface area contributed by atoms with Gasteiger partial charge < -0.3 is 15.6 Å². The molecule has 8 nitrogen and oxygen atoms in total. The number of ether oxygens (including phenoxy) is 1. The quantitative estimate of drug-likeness (QED) is 0.136. The van der Waals surface area contributed by atoms with Gasteiger partial charge in [0.15, 0.2) is 5.69 Å². The molecule has 0 atom stereocenters. The molecule has 3 aromatic carbocycles. The van der Waals surface area contributed by atoms with Gasteiger partial charge in [-0.05, 0) is 80.1 Å². The molecular weight excluding hydrogens is 555 g/mol. The molecule has 6 rings (SSSR count). The molecule has 41 heavy (non-hydrogen) atoms. The van der Waals surface area contributed by atoms with Crippen molar-refractivity contribution in [3.63, 3.8) is 0 Å². The van der Waals surface area contributed by atoms with E-state index in [1.165, 1.54) is 16.9 Å². The van der Waals surface area contributed by atoms with E-state index in [0.29, 0.717) is 24.5 Å². The second-order valence-corrected chi connectivity index (χ2v) is 11.9. The van der Waals surface area contributed by atoms with E-state index in [2.05, 4.69) is 39.3 Å². The molecule has 2 heterocycles. The summed E-state index contributed by atoms with van der Waals surface area (Å²) >= 11 is 3.02. The lowest BCUT2D eigenvalue weighted by Crippen LogP contribution is -2.47. The number of nitrogens with zero attached hydrogens (tertiary/aromatic N) is 3. The Hall–Kier alpha value is -4.12. The van der Waals surface area contributed by atoms with Gasteiger partial charge in [0.25, 0.3) is 0 Å². The van der Waals surface area contributed by atoms with E-state index in [9.17, 15) is 9.90 Å². The third kappa shape index (κ3) is 6.14. The highest BCUT2D eigenvalue weighted by Gasteiger charge is 2.21. The number of aromatic nitrogens is 2. The Labute approximate surface area is 245 Å². The molecule has 5 aromatic rings. The Morgan fingerprint density at radius 1 is 1.05 bits per heavy atom. The molecule has 208 valence electrons. The van der Waals surface area contributed by atoms with E-state index in [4.69, 9.17) is 9.84 Å². The zero-order chi connectivity index (χ0) is 28.2. The number of fused-ring (bicyclic) bond motifs is 2. The fourth-order valence-electron chi connectivity index (χ4n) is 4.92. The van der Waals surface area contributed by atoms with Crippen LogP contribution in [0.15, 0.2) is 71.8 Å². The van der Waals surface area contributed by atoms with Crippen molar-refractivity contribution < 1.29 is 20.4 Å². The van der Waals surface area contributed by atoms with Crippen molar-refractivity contribution >= 4 is 49.7 Å². The lowest BCUT2D eigenvalue weighted by molar-refractivity contribution is -0.386. The largest absolute Gasteiger partial charge is 0.494 e. The van der Waals surface area contributed by atoms with Crippen LogP contribution in [0.1, 0.15) is 51.3 Å². The molecule has 0 spiro atoms. The van der Waals surface area contributed by atoms with Crippen LogP contribution in [-0.2, 0) is 19.4 Å². The molecule has 10 heteroatoms. The highest BCUT2D eigenvalue weighted by atomic mass is 32.1. The normalized spacial score (nSPS) is 13.8. The van der Waals surface area contributed by atoms with Crippen LogP contribution in [0.25, 0.3) is 20.8 Å². The maximum Gasteiger partial charge on any atom is 0.355 e. The lowest BCUT2D eigenvalue weighted by Gasteiger charge is -2.18. The van der Waals surface area contributed by atoms with Crippen molar-refractivity contribution in [1.29, 1.82) is 0 Å². The molecule has 0 radical (unpaired) electrons. The number of carbonyl (C=O) groups is 1. The van der Waals surface area contributed by atoms with E-state index in [1.807, 2.05) is 48.5 Å². The summed E-state index contributed by atoms with van der Waals surface area (Å²) in [6, 6.07) is 22.2. The van der Waals surface area contributed by atoms with Crippen molar-refractivity contribution in [3.8, 4) is 16.3 Å². The Morgan fingerprint density at radius 3 is 2.71 bits per heavy atom. The van der Waals surface area contributed by atoms with Crippen LogP contribution in [-0.4, -0.2) is 33.4 Å². The number of hydrogen-bond donors (Lipinski definition) is 3. The van der Waals surface area contributed by atoms with E-state index in [1.54, 1.807) is 11.3 Å². The number of hydrazone groups is 1. The number of aryl methyl sites for hydroxylation is 2. The molecule has 0 aliphatic heterocycles. The number of nitrogens with one attached hydrogen (secondary N) is 1. The number of anilines is 1. The fourth-order valence-corrected chi connectivity index (χ4v) is 6.82. The molecule has 0 saturated carbocycles. The van der Waals surface area contributed by atoms with Gasteiger partial charge in [0.2, 0.25) is 5.13 Å². The predicted molar refractivity (Wildman–Crippen MR) is 164 cm³/mol. The second-order valence-electron chi connectivity index (χ2n) is 9.82. The number of carboxylic acids is 1. The van der Waals surface area contributed by atoms with Gasteiger partial charge in [-0.1, -0.05) is 35.6 Å². The summed E-state index contributed by atoms with van der Waals surface area (Å²) in [6.07, 6.45) is 4.14. The number of para-hydroxylation sites is 1. The standard InChI is InChI=1S/C31H29N5O3S2/c32-18-19-10-14-22(15-11-19)39-16-4-9-27-28(30(37)38)34-29(40-27)21-13-12-20-5-3-7-24(23(20)17-21)35-36-31-33-25-6-1-2-8-26(25)41-31/h1-2,6,8,10-15,17H,3-5,7,9,16,18,32H2,(H,33,36)(H,37,38)/p+1/b35-24+. The molecule has 5 N–H and O–H groups in total. The average molecular weight is 585 g/mol. The van der Waals surface area contributed by atoms with Crippen LogP contribution in [0.3, 0.4) is 0 Å². The van der Waals surface area contributed by atoms with E-state index in [0.717, 1.165) is 74.2 Å². The van der Waals surface area contributed by atoms with Gasteiger partial charge in [0, 0.05) is 21.6 Å². The van der Waals surface area contributed by atoms with Gasteiger partial charge >= 0.3 is 5.97 Å². The third-order valence-electron chi connectivity index (χ3n) is 7.04. The number of thiazole rings is 2. The smallest absolute Gasteiger partial charge is 0.355 e. The number of hydrogen-bond acceptors (Lipinski definition) is 8. The van der Waals surface area contributed by atoms with E-state index < -0.39 is 5.97 Å². The Morgan fingerprint density at radius 2 is 1.90 bits per heavy atom. The van der Waals surface area contributed by atoms with Gasteiger partial charge in [-0.25, -0.2) is 14.8 Å². The Balaban J connectivity index is 1.18. The summed E-state index contributed by atoms with van der Waals surface area (Å²) in [7, 11) is 0. The fraction of sp³-hybridized carbons (Fsp3) is 0.226. The zero-order valence-electron chi connectivity index (χ0n) is 22.4. The van der Waals surface area contributed by atoms with Crippen LogP contribution < -0.4 is 15.9 Å². The predicted octanol–water partition coefficient (Wildman–Crippen LogP) is 6.02. The molecule has 0 saturated heterocycles. The van der Waals surface area contributed by atoms with Gasteiger partial charge in [0.1, 0.15) is 10.8 Å². The van der Waals surface area contributed by atoms with Gasteiger partial charge in [-0.15, -0.1) is 11.3 Å². The molecule has 0 amide bonds. The Kier molecular flexibility index (Phi) is 8.04. The van der Waals surface area contributed by atoms with Crippen LogP contribution in [0.4, 0.5) is 5.13 Å². The zero-order valence-corrected chi connectivity index (χ0v) is 24.1. The van der Waals surface area contributed by atoms with Crippen molar-refractivity contribution in [2.75, 3.05) is 12.0 Å². The SMILES string of the molecule is [NH3+]Cc1ccc(OCCCc2sc(-c3ccc4c(c3)/C(=N/Nc3nc5ccccc5s3)CCC4)nc2C(=O)O)cc1. The van der Waals surface area contributed by atoms with Crippen LogP contribution >= 0.6 is 22.7 Å². The van der Waals surface area contributed by atoms with Crippen molar-refractivity contribution in [1.82, 2.24) is 9.97 Å². The monoisotopic (exact) mass is 584 g/mol. The molecular formula is C31H30N5O3S2+. The molecule has 0 bridgehead atoms. The Bertz CT molecular complexity index is 1690. The number of aromatic carboxylic acids is 1.